The largest absolute Gasteiger partial charge is 0.326 e. The molecule has 8 nitrogen and oxygen atoms in total. The molecule has 1 aromatic heterocycles. The van der Waals surface area contributed by atoms with Gasteiger partial charge in [-0.2, -0.15) is 0 Å². The molecule has 10 heteroatoms. The zero-order valence-electron chi connectivity index (χ0n) is 15.7. The van der Waals surface area contributed by atoms with E-state index in [9.17, 15) is 18.0 Å². The Hall–Kier alpha value is -3.43. The standard InChI is InChI=1S/C20H17ClN4O4S/c1-13(26)23-16-4-7-18(21)19(12-16)24-20(27)14-2-5-17(6-3-14)30(28,29)25-15-8-10-22-11-9-15/h2-12H,1H3,(H,22,25)(H,23,26)(H,24,27). The third-order valence-corrected chi connectivity index (χ3v) is 5.62. The number of aromatic nitrogens is 1. The second-order valence-corrected chi connectivity index (χ2v) is 8.29. The van der Waals surface area contributed by atoms with Gasteiger partial charge in [0.15, 0.2) is 0 Å². The van der Waals surface area contributed by atoms with Gasteiger partial charge in [-0.1, -0.05) is 11.6 Å². The van der Waals surface area contributed by atoms with Gasteiger partial charge >= 0.3 is 0 Å². The van der Waals surface area contributed by atoms with E-state index in [1.54, 1.807) is 12.1 Å². The number of pyridine rings is 1. The van der Waals surface area contributed by atoms with E-state index in [2.05, 4.69) is 20.3 Å². The van der Waals surface area contributed by atoms with Crippen LogP contribution >= 0.6 is 11.6 Å². The van der Waals surface area contributed by atoms with E-state index in [4.69, 9.17) is 11.6 Å². The first-order valence-electron chi connectivity index (χ1n) is 8.66. The molecule has 2 aromatic carbocycles. The number of anilines is 3. The minimum absolute atomic E-state index is 0.00144. The molecule has 0 radical (unpaired) electrons. The Morgan fingerprint density at radius 2 is 1.57 bits per heavy atom. The summed E-state index contributed by atoms with van der Waals surface area (Å²) in [6.45, 7) is 1.37. The van der Waals surface area contributed by atoms with Gasteiger partial charge < -0.3 is 10.6 Å². The van der Waals surface area contributed by atoms with Crippen LogP contribution in [0.4, 0.5) is 17.1 Å². The molecular weight excluding hydrogens is 428 g/mol. The molecule has 154 valence electrons. The molecular formula is C20H17ClN4O4S. The molecule has 3 N–H and O–H groups in total. The second-order valence-electron chi connectivity index (χ2n) is 6.20. The van der Waals surface area contributed by atoms with Crippen LogP contribution in [0.5, 0.6) is 0 Å². The summed E-state index contributed by atoms with van der Waals surface area (Å²) in [5.74, 6) is -0.741. The number of halogens is 1. The maximum absolute atomic E-state index is 12.5. The minimum Gasteiger partial charge on any atom is -0.326 e. The predicted octanol–water partition coefficient (Wildman–Crippen LogP) is 3.75. The molecule has 0 aliphatic carbocycles. The van der Waals surface area contributed by atoms with Gasteiger partial charge in [0.05, 0.1) is 21.3 Å². The number of amides is 2. The van der Waals surface area contributed by atoms with E-state index < -0.39 is 15.9 Å². The molecule has 2 amide bonds. The molecule has 0 saturated heterocycles. The molecule has 0 saturated carbocycles. The lowest BCUT2D eigenvalue weighted by Crippen LogP contribution is -2.15. The van der Waals surface area contributed by atoms with Crippen molar-refractivity contribution in [1.82, 2.24) is 4.98 Å². The minimum atomic E-state index is -3.81. The van der Waals surface area contributed by atoms with Gasteiger partial charge in [0.2, 0.25) is 5.91 Å². The number of rotatable bonds is 6. The fourth-order valence-electron chi connectivity index (χ4n) is 2.52. The lowest BCUT2D eigenvalue weighted by molar-refractivity contribution is -0.114. The first-order valence-corrected chi connectivity index (χ1v) is 10.5. The summed E-state index contributed by atoms with van der Waals surface area (Å²) < 4.78 is 27.4. The lowest BCUT2D eigenvalue weighted by Gasteiger charge is -2.11. The SMILES string of the molecule is CC(=O)Nc1ccc(Cl)c(NC(=O)c2ccc(S(=O)(=O)Nc3ccncc3)cc2)c1. The van der Waals surface area contributed by atoms with Crippen molar-refractivity contribution in [3.8, 4) is 0 Å². The summed E-state index contributed by atoms with van der Waals surface area (Å²) in [7, 11) is -3.81. The third-order valence-electron chi connectivity index (χ3n) is 3.89. The number of hydrogen-bond donors (Lipinski definition) is 3. The smallest absolute Gasteiger partial charge is 0.261 e. The topological polar surface area (TPSA) is 117 Å². The van der Waals surface area contributed by atoms with Crippen LogP contribution < -0.4 is 15.4 Å². The van der Waals surface area contributed by atoms with Crippen molar-refractivity contribution in [2.45, 2.75) is 11.8 Å². The molecule has 30 heavy (non-hydrogen) atoms. The Morgan fingerprint density at radius 3 is 2.20 bits per heavy atom. The van der Waals surface area contributed by atoms with Gasteiger partial charge in [-0.3, -0.25) is 19.3 Å². The highest BCUT2D eigenvalue weighted by atomic mass is 35.5. The highest BCUT2D eigenvalue weighted by Gasteiger charge is 2.16. The van der Waals surface area contributed by atoms with Crippen LogP contribution in [0.15, 0.2) is 71.9 Å². The molecule has 0 aliphatic heterocycles. The molecule has 0 bridgehead atoms. The zero-order chi connectivity index (χ0) is 21.7. The average molecular weight is 445 g/mol. The molecule has 0 unspecified atom stereocenters. The normalized spacial score (nSPS) is 10.9. The number of sulfonamides is 1. The van der Waals surface area contributed by atoms with Crippen LogP contribution in [0.2, 0.25) is 5.02 Å². The Labute approximate surface area is 178 Å². The summed E-state index contributed by atoms with van der Waals surface area (Å²) in [5.41, 5.74) is 1.40. The van der Waals surface area contributed by atoms with Crippen LogP contribution in [0.3, 0.4) is 0 Å². The summed E-state index contributed by atoms with van der Waals surface area (Å²) in [6.07, 6.45) is 2.94. The fraction of sp³-hybridized carbons (Fsp3) is 0.0500. The fourth-order valence-corrected chi connectivity index (χ4v) is 3.74. The van der Waals surface area contributed by atoms with Crippen molar-refractivity contribution in [3.63, 3.8) is 0 Å². The molecule has 0 aliphatic rings. The highest BCUT2D eigenvalue weighted by molar-refractivity contribution is 7.92. The Balaban J connectivity index is 1.75. The third kappa shape index (κ3) is 5.34. The van der Waals surface area contributed by atoms with Gasteiger partial charge in [-0.05, 0) is 54.6 Å². The van der Waals surface area contributed by atoms with Crippen molar-refractivity contribution < 1.29 is 18.0 Å². The van der Waals surface area contributed by atoms with Crippen molar-refractivity contribution in [2.24, 2.45) is 0 Å². The Morgan fingerprint density at radius 1 is 0.900 bits per heavy atom. The highest BCUT2D eigenvalue weighted by Crippen LogP contribution is 2.26. The maximum atomic E-state index is 12.5. The molecule has 3 aromatic rings. The van der Waals surface area contributed by atoms with Crippen molar-refractivity contribution in [3.05, 3.63) is 77.6 Å². The second kappa shape index (κ2) is 8.93. The molecule has 0 spiro atoms. The monoisotopic (exact) mass is 444 g/mol. The predicted molar refractivity (Wildman–Crippen MR) is 115 cm³/mol. The van der Waals surface area contributed by atoms with Crippen LogP contribution in [-0.2, 0) is 14.8 Å². The Bertz CT molecular complexity index is 1180. The maximum Gasteiger partial charge on any atom is 0.261 e. The van der Waals surface area contributed by atoms with E-state index in [-0.39, 0.29) is 16.4 Å². The number of nitrogens with zero attached hydrogens (tertiary/aromatic N) is 1. The average Bonchev–Trinajstić information content (AvgIpc) is 2.70. The van der Waals surface area contributed by atoms with E-state index in [0.717, 1.165) is 0 Å². The quantitative estimate of drug-likeness (QED) is 0.535. The number of carbonyl (C=O) groups is 2. The van der Waals surface area contributed by atoms with E-state index in [1.165, 1.54) is 61.8 Å². The first kappa shape index (κ1) is 21.3. The van der Waals surface area contributed by atoms with Crippen LogP contribution in [0, 0.1) is 0 Å². The summed E-state index contributed by atoms with van der Waals surface area (Å²) in [4.78, 5) is 27.5. The van der Waals surface area contributed by atoms with Crippen molar-refractivity contribution >= 4 is 50.5 Å². The lowest BCUT2D eigenvalue weighted by atomic mass is 10.2. The number of carbonyl (C=O) groups excluding carboxylic acids is 2. The van der Waals surface area contributed by atoms with Crippen LogP contribution in [-0.4, -0.2) is 25.2 Å². The van der Waals surface area contributed by atoms with Crippen molar-refractivity contribution in [2.75, 3.05) is 15.4 Å². The molecule has 1 heterocycles. The van der Waals surface area contributed by atoms with Gasteiger partial charge in [-0.25, -0.2) is 8.42 Å². The van der Waals surface area contributed by atoms with Gasteiger partial charge in [0.25, 0.3) is 15.9 Å². The number of nitrogens with one attached hydrogen (secondary N) is 3. The summed E-state index contributed by atoms with van der Waals surface area (Å²) >= 11 is 6.11. The van der Waals surface area contributed by atoms with Gasteiger partial charge in [0.1, 0.15) is 0 Å². The zero-order valence-corrected chi connectivity index (χ0v) is 17.3. The molecule has 0 atom stereocenters. The summed E-state index contributed by atoms with van der Waals surface area (Å²) in [5, 5.41) is 5.54. The van der Waals surface area contributed by atoms with Gasteiger partial charge in [-0.15, -0.1) is 0 Å². The van der Waals surface area contributed by atoms with Crippen LogP contribution in [0.1, 0.15) is 17.3 Å². The number of benzene rings is 2. The summed E-state index contributed by atoms with van der Waals surface area (Å²) in [6, 6.07) is 13.2. The van der Waals surface area contributed by atoms with E-state index in [0.29, 0.717) is 22.1 Å². The van der Waals surface area contributed by atoms with Crippen molar-refractivity contribution in [1.29, 1.82) is 0 Å². The molecule has 0 fully saturated rings. The Kier molecular flexibility index (Phi) is 6.34. The first-order chi connectivity index (χ1) is 14.2. The number of hydrogen-bond acceptors (Lipinski definition) is 5. The van der Waals surface area contributed by atoms with Gasteiger partial charge in [0, 0.05) is 30.6 Å². The molecule has 3 rings (SSSR count). The van der Waals surface area contributed by atoms with E-state index >= 15 is 0 Å². The van der Waals surface area contributed by atoms with Crippen LogP contribution in [0.25, 0.3) is 0 Å². The van der Waals surface area contributed by atoms with E-state index in [1.807, 2.05) is 0 Å².